The van der Waals surface area contributed by atoms with Crippen LogP contribution < -0.4 is 31.9 Å². The van der Waals surface area contributed by atoms with Gasteiger partial charge in [0.25, 0.3) is 0 Å². The van der Waals surface area contributed by atoms with Gasteiger partial charge in [0.15, 0.2) is 69.2 Å². The monoisotopic (exact) mass is 2110 g/mol. The highest BCUT2D eigenvalue weighted by Gasteiger charge is 2.63. The molecule has 0 unspecified atom stereocenters. The molecule has 0 aromatic carbocycles. The normalized spacial score (nSPS) is 47.3. The maximum atomic E-state index is 13.2. The van der Waals surface area contributed by atoms with Gasteiger partial charge < -0.3 is 289 Å². The van der Waals surface area contributed by atoms with Crippen LogP contribution in [0.5, 0.6) is 0 Å². The Balaban J connectivity index is 0.789. The number of amides is 6. The molecule has 11 heterocycles. The minimum atomic E-state index is -2.47. The van der Waals surface area contributed by atoms with E-state index in [0.717, 1.165) is 34.6 Å². The van der Waals surface area contributed by atoms with Crippen LogP contribution in [0.15, 0.2) is 0 Å². The van der Waals surface area contributed by atoms with E-state index in [4.69, 9.17) is 104 Å². The van der Waals surface area contributed by atoms with Crippen LogP contribution in [0.4, 0.5) is 0 Å². The Morgan fingerprint density at radius 1 is 0.229 bits per heavy atom. The minimum Gasteiger partial charge on any atom is -0.394 e. The quantitative estimate of drug-likeness (QED) is 0.0252. The average Bonchev–Trinajstić information content (AvgIpc) is 0.768. The van der Waals surface area contributed by atoms with E-state index in [1.807, 2.05) is 0 Å². The molecule has 11 saturated heterocycles. The van der Waals surface area contributed by atoms with E-state index in [1.165, 1.54) is 0 Å². The zero-order chi connectivity index (χ0) is 106. The molecule has 11 aliphatic rings. The summed E-state index contributed by atoms with van der Waals surface area (Å²) in [4.78, 5) is 75.7. The van der Waals surface area contributed by atoms with E-state index in [2.05, 4.69) is 31.9 Å². The molecular formula is C80H134N6O58. The van der Waals surface area contributed by atoms with Crippen molar-refractivity contribution in [3.63, 3.8) is 0 Å². The van der Waals surface area contributed by atoms with Gasteiger partial charge in [0.2, 0.25) is 35.9 Å². The van der Waals surface area contributed by atoms with Gasteiger partial charge in [-0.1, -0.05) is 0 Å². The number of carbonyl (C=O) groups is 6. The first-order valence-corrected chi connectivity index (χ1v) is 45.9. The summed E-state index contributed by atoms with van der Waals surface area (Å²) < 4.78 is 130. The minimum absolute atomic E-state index is 0.246. The predicted molar refractivity (Wildman–Crippen MR) is 444 cm³/mol. The summed E-state index contributed by atoms with van der Waals surface area (Å²) in [6.45, 7) is -8.50. The molecule has 64 nitrogen and oxygen atoms in total. The molecular weight excluding hydrogens is 1970 g/mol. The third-order valence-corrected chi connectivity index (χ3v) is 25.9. The Morgan fingerprint density at radius 2 is 0.444 bits per heavy atom. The lowest BCUT2D eigenvalue weighted by Crippen LogP contribution is -2.70. The summed E-state index contributed by atoms with van der Waals surface area (Å²) in [5.74, 6) is -4.71. The van der Waals surface area contributed by atoms with Crippen LogP contribution in [0.1, 0.15) is 34.6 Å². The van der Waals surface area contributed by atoms with Gasteiger partial charge in [-0.3, -0.25) is 28.8 Å². The second-order valence-corrected chi connectivity index (χ2v) is 36.0. The summed E-state index contributed by atoms with van der Waals surface area (Å²) in [7, 11) is 0. The third-order valence-electron chi connectivity index (χ3n) is 25.9. The number of rotatable bonds is 42. The predicted octanol–water partition coefficient (Wildman–Crippen LogP) is -25.1. The van der Waals surface area contributed by atoms with Crippen molar-refractivity contribution >= 4 is 35.9 Å². The molecule has 0 radical (unpaired) electrons. The number of hydrogen-bond donors (Lipinski definition) is 36. The van der Waals surface area contributed by atoms with Crippen molar-refractivity contribution in [2.75, 3.05) is 85.9 Å². The lowest BCUT2D eigenvalue weighted by atomic mass is 9.94. The van der Waals surface area contributed by atoms with E-state index in [1.54, 1.807) is 0 Å². The molecule has 0 bridgehead atoms. The maximum Gasteiger partial charge on any atom is 0.217 e. The molecule has 0 aromatic rings. The van der Waals surface area contributed by atoms with Gasteiger partial charge in [0, 0.05) is 34.6 Å². The smallest absolute Gasteiger partial charge is 0.217 e. The molecule has 0 saturated carbocycles. The van der Waals surface area contributed by atoms with Crippen molar-refractivity contribution in [3.8, 4) is 0 Å². The molecule has 6 amide bonds. The molecule has 144 heavy (non-hydrogen) atoms. The van der Waals surface area contributed by atoms with Gasteiger partial charge >= 0.3 is 0 Å². The highest BCUT2D eigenvalue weighted by molar-refractivity contribution is 5.75. The van der Waals surface area contributed by atoms with Gasteiger partial charge in [-0.15, -0.1) is 0 Å². The molecule has 56 atom stereocenters. The highest BCUT2D eigenvalue weighted by atomic mass is 16.8. The van der Waals surface area contributed by atoms with Crippen LogP contribution in [-0.4, -0.2) is 619 Å². The van der Waals surface area contributed by atoms with E-state index in [9.17, 15) is 182 Å². The molecule has 11 rings (SSSR count). The van der Waals surface area contributed by atoms with Crippen LogP contribution in [0.3, 0.4) is 0 Å². The third kappa shape index (κ3) is 27.1. The fraction of sp³-hybridized carbons (Fsp3) is 0.925. The highest BCUT2D eigenvalue weighted by Crippen LogP contribution is 2.42. The van der Waals surface area contributed by atoms with E-state index in [-0.39, 0.29) is 6.41 Å². The number of ether oxygens (including phenoxy) is 22. The maximum absolute atomic E-state index is 13.2. The first-order valence-electron chi connectivity index (χ1n) is 45.9. The number of nitrogens with one attached hydrogen (secondary N) is 6. The second-order valence-electron chi connectivity index (χ2n) is 36.0. The topological polar surface area (TPSA) is 985 Å². The zero-order valence-corrected chi connectivity index (χ0v) is 77.4. The summed E-state index contributed by atoms with van der Waals surface area (Å²) in [5.41, 5.74) is 0. The average molecular weight is 2110 g/mol. The lowest BCUT2D eigenvalue weighted by molar-refractivity contribution is -0.384. The van der Waals surface area contributed by atoms with Crippen molar-refractivity contribution < 1.29 is 286 Å². The fourth-order valence-electron chi connectivity index (χ4n) is 18.3. The molecule has 11 fully saturated rings. The summed E-state index contributed by atoms with van der Waals surface area (Å²) in [6, 6.07) is -10.5. The van der Waals surface area contributed by atoms with Crippen molar-refractivity contribution in [1.29, 1.82) is 0 Å². The van der Waals surface area contributed by atoms with Crippen molar-refractivity contribution in [2.24, 2.45) is 0 Å². The van der Waals surface area contributed by atoms with E-state index in [0.29, 0.717) is 0 Å². The molecule has 832 valence electrons. The van der Waals surface area contributed by atoms with Crippen LogP contribution in [0.2, 0.25) is 0 Å². The van der Waals surface area contributed by atoms with Gasteiger partial charge in [-0.05, 0) is 0 Å². The first-order chi connectivity index (χ1) is 68.3. The Labute approximate surface area is 815 Å². The molecule has 0 aliphatic carbocycles. The van der Waals surface area contributed by atoms with Crippen molar-refractivity contribution in [1.82, 2.24) is 31.9 Å². The fourth-order valence-corrected chi connectivity index (χ4v) is 18.3. The van der Waals surface area contributed by atoms with Gasteiger partial charge in [-0.2, -0.15) is 0 Å². The number of hydrogen-bond acceptors (Lipinski definition) is 58. The Kier molecular flexibility index (Phi) is 44.1. The lowest BCUT2D eigenvalue weighted by Gasteiger charge is -2.50. The number of aliphatic hydroxyl groups is 30. The standard InChI is InChI=1S/C80H134N6O58/c1-20(98)82-37-48(109)42(103)26(7-88)126-72(37)144-69-47(108)36(18-125-71-39(84-22(3)100)49(110)62(30(11-92)131-71)139-78-59(120)67(45(106)28(9-90)128-78)142-73-40(85-23(4)101)51(112)64(32(13-94)132-73)137-76-56(117)53(114)43(104)27(8-89)127-76)136-80(61(69)122)140-63-31(12-93)130-70(38(50(63)111)83-21(2)99)124-17-35-44(105)54(115)57(118)77(135-35)138-65-33(14-95)133-74(41(52(65)113)86-24(5)102)143-68-46(107)29(10-91)129-79(60(68)121)141-66-34(15-96)134-75(58(119)55(66)116)123-16-25(6-87)81-19-97/h19,25-80,87-96,103-122H,6-18H2,1-5H3,(H,81,97)(H,82,98)(H,83,99)(H,84,100)(H,85,101)(H,86,102)/t25-,26-,27-,28-,29-,30-,31-,32-,33-,34-,35-,36-,37-,38-,39-,40-,41-,42-,43+,44+,45+,46+,47+,48-,49-,50-,51-,52-,53+,54+,55-,56-,57-,58-,59-,60-,61-,62-,63-,64-,65-,66-,67+,68+,69+,70-,71-,72+,73+,74+,75-,76+,77+,78+,79+,80+/m1/s1. The molecule has 64 heteroatoms. The van der Waals surface area contributed by atoms with Crippen LogP contribution in [0, 0.1) is 0 Å². The summed E-state index contributed by atoms with van der Waals surface area (Å²) >= 11 is 0. The first kappa shape index (κ1) is 119. The van der Waals surface area contributed by atoms with Crippen LogP contribution in [-0.2, 0) is 133 Å². The molecule has 11 aliphatic heterocycles. The van der Waals surface area contributed by atoms with Crippen LogP contribution in [0.25, 0.3) is 0 Å². The Hall–Kier alpha value is -5.26. The summed E-state index contributed by atoms with van der Waals surface area (Å²) in [6.07, 6.45) is -103. The van der Waals surface area contributed by atoms with E-state index >= 15 is 0 Å². The largest absolute Gasteiger partial charge is 0.394 e. The van der Waals surface area contributed by atoms with Gasteiger partial charge in [0.1, 0.15) is 268 Å². The zero-order valence-electron chi connectivity index (χ0n) is 77.4. The number of carbonyl (C=O) groups excluding carboxylic acids is 6. The van der Waals surface area contributed by atoms with Crippen molar-refractivity contribution in [3.05, 3.63) is 0 Å². The van der Waals surface area contributed by atoms with Crippen LogP contribution >= 0.6 is 0 Å². The molecule has 36 N–H and O–H groups in total. The Bertz CT molecular complexity index is 3980. The Morgan fingerprint density at radius 3 is 0.743 bits per heavy atom. The molecule has 0 aromatic heterocycles. The van der Waals surface area contributed by atoms with Gasteiger partial charge in [-0.25, -0.2) is 0 Å². The molecule has 0 spiro atoms. The van der Waals surface area contributed by atoms with Gasteiger partial charge in [0.05, 0.1) is 91.9 Å². The van der Waals surface area contributed by atoms with E-state index < -0.39 is 459 Å². The SMILES string of the molecule is CC(=O)N[C@H]1[C@H](O[C@H]2[C@@H](O)[C@@H](CO)O[C@@H](O[C@H]3[C@H](O)[C@@H](O)[C@H](OC[C@@H](CO)NC=O)O[C@@H]3CO)[C@@H]2O)O[C@H](CO)[C@@H](O[C@@H]2O[C@H](CO[C@@H]3O[C@H](CO)[C@@H](O[C@@H]4O[C@H](CO[C@@H]5O[C@H](CO)[C@@H](O[C@@H]6O[C@H](CO)[C@H](O)[C@H](O[C@@H]7O[C@H](CO)[C@@H](O[C@@H]8O[C@H](CO)[C@H](O)[C@H](O)[C@H]8O)[C@H](O)[C@H]7NC(C)=O)[C@H]6O)[C@H](O)[C@H]5NC(C)=O)[C@H](O)[C@H](O[C@@H]5O[C@H](CO)[C@@H](O)[C@H](O)[C@H]5NC(C)=O)[C@H]4O)[C@H](O)[C@H]3NC(C)=O)[C@H](O)[C@H](O)[C@H]2O)[C@@H]1O. The number of aliphatic hydroxyl groups excluding tert-OH is 30. The van der Waals surface area contributed by atoms with Crippen molar-refractivity contribution in [2.45, 2.75) is 378 Å². The summed E-state index contributed by atoms with van der Waals surface area (Å²) in [5, 5.41) is 350. The second kappa shape index (κ2) is 53.3.